The summed E-state index contributed by atoms with van der Waals surface area (Å²) < 4.78 is 2.29. The predicted molar refractivity (Wildman–Crippen MR) is 55.4 cm³/mol. The minimum Gasteiger partial charge on any atom is -0.361 e. The van der Waals surface area contributed by atoms with Crippen LogP contribution in [0.1, 0.15) is 0 Å². The van der Waals surface area contributed by atoms with Crippen molar-refractivity contribution in [3.8, 4) is 0 Å². The van der Waals surface area contributed by atoms with Crippen LogP contribution in [0.4, 0.5) is 0 Å². The molecule has 3 nitrogen and oxygen atoms in total. The highest BCUT2D eigenvalue weighted by atomic mass is 32.2. The van der Waals surface area contributed by atoms with E-state index in [0.717, 1.165) is 25.5 Å². The van der Waals surface area contributed by atoms with Crippen molar-refractivity contribution in [3.05, 3.63) is 12.8 Å². The first kappa shape index (κ1) is 9.61. The van der Waals surface area contributed by atoms with E-state index in [1.165, 1.54) is 0 Å². The van der Waals surface area contributed by atoms with Gasteiger partial charge in [-0.15, -0.1) is 0 Å². The summed E-state index contributed by atoms with van der Waals surface area (Å²) in [4.78, 5) is 6.39. The molecule has 1 heterocycles. The molecule has 0 unspecified atom stereocenters. The molecule has 0 aromatic rings. The Morgan fingerprint density at radius 3 is 2.92 bits per heavy atom. The Morgan fingerprint density at radius 1 is 1.58 bits per heavy atom. The van der Waals surface area contributed by atoms with Crippen LogP contribution < -0.4 is 0 Å². The smallest absolute Gasteiger partial charge is 0.119 e. The monoisotopic (exact) mass is 185 g/mol. The van der Waals surface area contributed by atoms with E-state index < -0.39 is 0 Å². The van der Waals surface area contributed by atoms with Gasteiger partial charge in [-0.1, -0.05) is 18.5 Å². The van der Waals surface area contributed by atoms with E-state index in [4.69, 9.17) is 0 Å². The Labute approximate surface area is 78.3 Å². The van der Waals surface area contributed by atoms with E-state index in [2.05, 4.69) is 34.1 Å². The number of hydrogen-bond donors (Lipinski definition) is 0. The van der Waals surface area contributed by atoms with E-state index in [1.54, 1.807) is 18.1 Å². The number of likely N-dealkylation sites (N-methyl/N-ethyl adjacent to an activating group) is 1. The lowest BCUT2D eigenvalue weighted by Crippen LogP contribution is -2.45. The zero-order valence-corrected chi connectivity index (χ0v) is 8.47. The number of aliphatic imine (C=N–C) groups is 1. The molecule has 0 amide bonds. The van der Waals surface area contributed by atoms with Crippen LogP contribution in [0.25, 0.3) is 0 Å². The summed E-state index contributed by atoms with van der Waals surface area (Å²) in [7, 11) is 2.07. The van der Waals surface area contributed by atoms with E-state index in [0.29, 0.717) is 0 Å². The van der Waals surface area contributed by atoms with E-state index >= 15 is 0 Å². The molecule has 0 bridgehead atoms. The van der Waals surface area contributed by atoms with Crippen LogP contribution in [0.15, 0.2) is 17.8 Å². The summed E-state index contributed by atoms with van der Waals surface area (Å²) in [5, 5.41) is 0. The lowest BCUT2D eigenvalue weighted by Gasteiger charge is -2.32. The lowest BCUT2D eigenvalue weighted by atomic mass is 10.4. The van der Waals surface area contributed by atoms with Gasteiger partial charge < -0.3 is 4.90 Å². The minimum atomic E-state index is 0.920. The molecule has 0 atom stereocenters. The Kier molecular flexibility index (Phi) is 3.62. The minimum absolute atomic E-state index is 0.920. The van der Waals surface area contributed by atoms with Gasteiger partial charge in [0, 0.05) is 26.3 Å². The van der Waals surface area contributed by atoms with Crippen LogP contribution in [0.5, 0.6) is 0 Å². The fourth-order valence-corrected chi connectivity index (χ4v) is 1.66. The van der Waals surface area contributed by atoms with Gasteiger partial charge in [-0.25, -0.2) is 9.30 Å². The third-order valence-corrected chi connectivity index (χ3v) is 2.77. The van der Waals surface area contributed by atoms with Crippen LogP contribution in [0, 0.1) is 0 Å². The topological polar surface area (TPSA) is 18.8 Å². The molecule has 0 radical (unpaired) electrons. The van der Waals surface area contributed by atoms with Gasteiger partial charge in [0.25, 0.3) is 0 Å². The van der Waals surface area contributed by atoms with Gasteiger partial charge in [-0.3, -0.25) is 0 Å². The SMILES string of the molecule is C=CN=C1CN(SC)CCN1C. The Morgan fingerprint density at radius 2 is 2.33 bits per heavy atom. The third-order valence-electron chi connectivity index (χ3n) is 1.94. The van der Waals surface area contributed by atoms with Gasteiger partial charge in [-0.2, -0.15) is 0 Å². The van der Waals surface area contributed by atoms with Crippen molar-refractivity contribution in [1.29, 1.82) is 0 Å². The number of rotatable bonds is 2. The number of nitrogens with zero attached hydrogens (tertiary/aromatic N) is 3. The first-order valence-corrected chi connectivity index (χ1v) is 5.14. The van der Waals surface area contributed by atoms with Gasteiger partial charge >= 0.3 is 0 Å². The average molecular weight is 185 g/mol. The second kappa shape index (κ2) is 4.52. The molecular formula is C8H15N3S. The molecule has 0 spiro atoms. The summed E-state index contributed by atoms with van der Waals surface area (Å²) >= 11 is 1.77. The number of hydrogen-bond acceptors (Lipinski definition) is 3. The first-order valence-electron chi connectivity index (χ1n) is 3.95. The Bertz CT molecular complexity index is 191. The summed E-state index contributed by atoms with van der Waals surface area (Å²) in [5.41, 5.74) is 0. The van der Waals surface area contributed by atoms with E-state index in [-0.39, 0.29) is 0 Å². The molecule has 0 aromatic carbocycles. The molecule has 1 aliphatic heterocycles. The summed E-state index contributed by atoms with van der Waals surface area (Å²) in [5.74, 6) is 1.10. The van der Waals surface area contributed by atoms with Crippen LogP contribution in [-0.4, -0.2) is 48.0 Å². The molecule has 1 aliphatic rings. The van der Waals surface area contributed by atoms with Crippen molar-refractivity contribution < 1.29 is 0 Å². The van der Waals surface area contributed by atoms with Gasteiger partial charge in [-0.05, 0) is 6.26 Å². The maximum Gasteiger partial charge on any atom is 0.119 e. The largest absolute Gasteiger partial charge is 0.361 e. The van der Waals surface area contributed by atoms with Gasteiger partial charge in [0.05, 0.1) is 6.54 Å². The Balaban J connectivity index is 2.58. The molecule has 1 fully saturated rings. The van der Waals surface area contributed by atoms with Crippen molar-refractivity contribution in [2.24, 2.45) is 4.99 Å². The average Bonchev–Trinajstić information content (AvgIpc) is 2.09. The maximum absolute atomic E-state index is 4.21. The zero-order valence-electron chi connectivity index (χ0n) is 7.66. The van der Waals surface area contributed by atoms with Crippen molar-refractivity contribution in [2.45, 2.75) is 0 Å². The summed E-state index contributed by atoms with van der Waals surface area (Å²) in [6.45, 7) is 6.68. The van der Waals surface area contributed by atoms with Crippen LogP contribution in [0.3, 0.4) is 0 Å². The second-order valence-electron chi connectivity index (χ2n) is 2.70. The van der Waals surface area contributed by atoms with Crippen molar-refractivity contribution in [2.75, 3.05) is 32.9 Å². The van der Waals surface area contributed by atoms with Crippen molar-refractivity contribution in [1.82, 2.24) is 9.21 Å². The second-order valence-corrected chi connectivity index (χ2v) is 3.58. The molecule has 0 aromatic heterocycles. The number of piperazine rings is 1. The highest BCUT2D eigenvalue weighted by Crippen LogP contribution is 2.10. The van der Waals surface area contributed by atoms with Crippen LogP contribution in [-0.2, 0) is 0 Å². The molecule has 1 rings (SSSR count). The normalized spacial score (nSPS) is 23.2. The molecule has 0 N–H and O–H groups in total. The van der Waals surface area contributed by atoms with Crippen LogP contribution >= 0.6 is 11.9 Å². The Hall–Kier alpha value is -0.480. The molecule has 1 saturated heterocycles. The fraction of sp³-hybridized carbons (Fsp3) is 0.625. The summed E-state index contributed by atoms with van der Waals surface area (Å²) in [6, 6.07) is 0. The highest BCUT2D eigenvalue weighted by Gasteiger charge is 2.17. The first-order chi connectivity index (χ1) is 5.77. The number of amidine groups is 1. The molecule has 4 heteroatoms. The molecule has 0 saturated carbocycles. The summed E-state index contributed by atoms with van der Waals surface area (Å²) in [6.07, 6.45) is 3.70. The lowest BCUT2D eigenvalue weighted by molar-refractivity contribution is 0.368. The molecule has 12 heavy (non-hydrogen) atoms. The third kappa shape index (κ3) is 2.25. The fourth-order valence-electron chi connectivity index (χ4n) is 1.15. The molecule has 68 valence electrons. The molecule has 0 aliphatic carbocycles. The maximum atomic E-state index is 4.21. The van der Waals surface area contributed by atoms with E-state index in [9.17, 15) is 0 Å². The van der Waals surface area contributed by atoms with Crippen molar-refractivity contribution >= 4 is 17.8 Å². The van der Waals surface area contributed by atoms with E-state index in [1.807, 2.05) is 0 Å². The van der Waals surface area contributed by atoms with Gasteiger partial charge in [0.1, 0.15) is 5.84 Å². The molecular weight excluding hydrogens is 170 g/mol. The van der Waals surface area contributed by atoms with Gasteiger partial charge in [0.2, 0.25) is 0 Å². The quantitative estimate of drug-likeness (QED) is 0.599. The van der Waals surface area contributed by atoms with Crippen LogP contribution in [0.2, 0.25) is 0 Å². The predicted octanol–water partition coefficient (Wildman–Crippen LogP) is 1.05. The highest BCUT2D eigenvalue weighted by molar-refractivity contribution is 7.96. The van der Waals surface area contributed by atoms with Gasteiger partial charge in [0.15, 0.2) is 0 Å². The standard InChI is InChI=1S/C8H15N3S/c1-4-9-8-7-11(12-3)6-5-10(8)2/h4H,1,5-7H2,2-3H3. The van der Waals surface area contributed by atoms with Crippen molar-refractivity contribution in [3.63, 3.8) is 0 Å². The zero-order chi connectivity index (χ0) is 8.97.